The van der Waals surface area contributed by atoms with Crippen molar-refractivity contribution in [2.75, 3.05) is 11.0 Å². The largest absolute Gasteiger partial charge is 0.313 e. The minimum Gasteiger partial charge on any atom is -0.313 e. The number of nitrogens with one attached hydrogen (secondary N) is 1. The summed E-state index contributed by atoms with van der Waals surface area (Å²) >= 11 is 8.36. The van der Waals surface area contributed by atoms with E-state index in [4.69, 9.17) is 11.6 Å². The molecule has 1 aromatic heterocycles. The fourth-order valence-electron chi connectivity index (χ4n) is 1.11. The number of pyridine rings is 1. The maximum Gasteiger partial charge on any atom is 0.0634 e. The van der Waals surface area contributed by atoms with Crippen molar-refractivity contribution in [3.05, 3.63) is 29.0 Å². The van der Waals surface area contributed by atoms with Crippen LogP contribution in [0, 0.1) is 0 Å². The Kier molecular flexibility index (Phi) is 6.47. The normalized spacial score (nSPS) is 10.4. The average Bonchev–Trinajstić information content (AvgIpc) is 2.20. The second-order valence-corrected chi connectivity index (χ2v) is 4.53. The van der Waals surface area contributed by atoms with Crippen molar-refractivity contribution in [1.29, 1.82) is 0 Å². The molecule has 1 rings (SSSR count). The molecule has 1 N–H and O–H groups in total. The third kappa shape index (κ3) is 4.57. The summed E-state index contributed by atoms with van der Waals surface area (Å²) in [5.41, 5.74) is 1.12. The van der Waals surface area contributed by atoms with Gasteiger partial charge in [0, 0.05) is 18.9 Å². The summed E-state index contributed by atoms with van der Waals surface area (Å²) in [6.07, 6.45) is 5.96. The smallest absolute Gasteiger partial charge is 0.0634 e. The van der Waals surface area contributed by atoms with Crippen LogP contribution in [0.1, 0.15) is 18.4 Å². The van der Waals surface area contributed by atoms with Gasteiger partial charge in [0.1, 0.15) is 0 Å². The van der Waals surface area contributed by atoms with E-state index in [0.29, 0.717) is 0 Å². The van der Waals surface area contributed by atoms with Gasteiger partial charge in [0.15, 0.2) is 0 Å². The Morgan fingerprint density at radius 1 is 1.43 bits per heavy atom. The molecule has 2 nitrogen and oxygen atoms in total. The number of unbranched alkanes of at least 4 members (excludes halogenated alkanes) is 1. The maximum atomic E-state index is 5.96. The van der Waals surface area contributed by atoms with Crippen molar-refractivity contribution in [1.82, 2.24) is 10.3 Å². The van der Waals surface area contributed by atoms with E-state index in [9.17, 15) is 0 Å². The Morgan fingerprint density at radius 3 is 3.00 bits per heavy atom. The number of alkyl halides is 1. The van der Waals surface area contributed by atoms with Gasteiger partial charge in [-0.2, -0.15) is 0 Å². The highest BCUT2D eigenvalue weighted by Gasteiger charge is 1.97. The van der Waals surface area contributed by atoms with Crippen molar-refractivity contribution in [2.45, 2.75) is 19.4 Å². The lowest BCUT2D eigenvalue weighted by atomic mass is 10.2. The van der Waals surface area contributed by atoms with Crippen LogP contribution in [0.2, 0.25) is 5.02 Å². The molecular weight excluding hydrogens is 310 g/mol. The van der Waals surface area contributed by atoms with Gasteiger partial charge < -0.3 is 5.32 Å². The van der Waals surface area contributed by atoms with E-state index in [-0.39, 0.29) is 0 Å². The second-order valence-electron chi connectivity index (χ2n) is 3.04. The fourth-order valence-corrected chi connectivity index (χ4v) is 1.84. The molecule has 1 aromatic rings. The first-order chi connectivity index (χ1) is 6.84. The molecule has 78 valence electrons. The lowest BCUT2D eigenvalue weighted by molar-refractivity contribution is 0.645. The van der Waals surface area contributed by atoms with Crippen LogP contribution in [-0.2, 0) is 6.54 Å². The molecule has 0 unspecified atom stereocenters. The molecule has 14 heavy (non-hydrogen) atoms. The minimum absolute atomic E-state index is 0.744. The first-order valence-electron chi connectivity index (χ1n) is 4.69. The van der Waals surface area contributed by atoms with Crippen LogP contribution in [0.4, 0.5) is 0 Å². The molecule has 0 fully saturated rings. The first kappa shape index (κ1) is 12.2. The number of aromatic nitrogens is 1. The lowest BCUT2D eigenvalue weighted by Gasteiger charge is -2.05. The van der Waals surface area contributed by atoms with E-state index in [1.807, 2.05) is 6.07 Å². The zero-order chi connectivity index (χ0) is 10.2. The van der Waals surface area contributed by atoms with Crippen LogP contribution in [0.5, 0.6) is 0 Å². The number of hydrogen-bond donors (Lipinski definition) is 1. The predicted molar refractivity (Wildman–Crippen MR) is 69.1 cm³/mol. The lowest BCUT2D eigenvalue weighted by Crippen LogP contribution is -2.15. The average molecular weight is 325 g/mol. The molecule has 0 amide bonds. The topological polar surface area (TPSA) is 24.9 Å². The molecule has 0 spiro atoms. The summed E-state index contributed by atoms with van der Waals surface area (Å²) in [4.78, 5) is 3.94. The molecule has 0 bridgehead atoms. The standard InChI is InChI=1S/C10H14ClIN2/c11-10-8-14-6-3-9(10)7-13-5-2-1-4-12/h3,6,8,13H,1-2,4-5,7H2. The van der Waals surface area contributed by atoms with E-state index in [1.165, 1.54) is 17.3 Å². The van der Waals surface area contributed by atoms with Gasteiger partial charge in [0.25, 0.3) is 0 Å². The summed E-state index contributed by atoms with van der Waals surface area (Å²) in [6.45, 7) is 1.89. The second kappa shape index (κ2) is 7.43. The van der Waals surface area contributed by atoms with Crippen molar-refractivity contribution < 1.29 is 0 Å². The summed E-state index contributed by atoms with van der Waals surface area (Å²) in [6, 6.07) is 1.95. The monoisotopic (exact) mass is 324 g/mol. The van der Waals surface area contributed by atoms with E-state index in [0.717, 1.165) is 23.7 Å². The van der Waals surface area contributed by atoms with Crippen molar-refractivity contribution >= 4 is 34.2 Å². The molecule has 0 saturated carbocycles. The predicted octanol–water partition coefficient (Wildman–Crippen LogP) is 3.04. The van der Waals surface area contributed by atoms with E-state index < -0.39 is 0 Å². The third-order valence-corrected chi connectivity index (χ3v) is 3.01. The number of nitrogens with zero attached hydrogens (tertiary/aromatic N) is 1. The van der Waals surface area contributed by atoms with E-state index in [2.05, 4.69) is 32.9 Å². The molecule has 4 heteroatoms. The van der Waals surface area contributed by atoms with Crippen LogP contribution in [0.25, 0.3) is 0 Å². The highest BCUT2D eigenvalue weighted by atomic mass is 127. The summed E-state index contributed by atoms with van der Waals surface area (Å²) in [5.74, 6) is 0. The number of hydrogen-bond acceptors (Lipinski definition) is 2. The Bertz CT molecular complexity index is 268. The van der Waals surface area contributed by atoms with Gasteiger partial charge in [0.2, 0.25) is 0 Å². The van der Waals surface area contributed by atoms with Crippen molar-refractivity contribution in [2.24, 2.45) is 0 Å². The number of halogens is 2. The molecular formula is C10H14ClIN2. The van der Waals surface area contributed by atoms with Crippen molar-refractivity contribution in [3.63, 3.8) is 0 Å². The first-order valence-corrected chi connectivity index (χ1v) is 6.60. The van der Waals surface area contributed by atoms with Crippen LogP contribution >= 0.6 is 34.2 Å². The van der Waals surface area contributed by atoms with Crippen LogP contribution in [0.3, 0.4) is 0 Å². The Morgan fingerprint density at radius 2 is 2.29 bits per heavy atom. The van der Waals surface area contributed by atoms with Gasteiger partial charge in [-0.25, -0.2) is 0 Å². The van der Waals surface area contributed by atoms with E-state index >= 15 is 0 Å². The molecule has 1 heterocycles. The zero-order valence-corrected chi connectivity index (χ0v) is 10.9. The summed E-state index contributed by atoms with van der Waals surface area (Å²) < 4.78 is 1.23. The highest BCUT2D eigenvalue weighted by Crippen LogP contribution is 2.12. The maximum absolute atomic E-state index is 5.96. The molecule has 0 saturated heterocycles. The fraction of sp³-hybridized carbons (Fsp3) is 0.500. The number of rotatable bonds is 6. The molecule has 0 aliphatic heterocycles. The zero-order valence-electron chi connectivity index (χ0n) is 7.97. The van der Waals surface area contributed by atoms with Gasteiger partial charge in [-0.05, 0) is 35.4 Å². The SMILES string of the molecule is Clc1cnccc1CNCCCCI. The Labute approximate surface area is 104 Å². The van der Waals surface area contributed by atoms with Crippen LogP contribution in [0.15, 0.2) is 18.5 Å². The van der Waals surface area contributed by atoms with E-state index in [1.54, 1.807) is 12.4 Å². The highest BCUT2D eigenvalue weighted by molar-refractivity contribution is 14.1. The van der Waals surface area contributed by atoms with Gasteiger partial charge in [-0.1, -0.05) is 34.2 Å². The van der Waals surface area contributed by atoms with Gasteiger partial charge in [-0.15, -0.1) is 0 Å². The Balaban J connectivity index is 2.21. The quantitative estimate of drug-likeness (QED) is 0.494. The minimum atomic E-state index is 0.744. The summed E-state index contributed by atoms with van der Waals surface area (Å²) in [7, 11) is 0. The molecule has 0 aliphatic carbocycles. The van der Waals surface area contributed by atoms with Gasteiger partial charge in [-0.3, -0.25) is 4.98 Å². The third-order valence-electron chi connectivity index (χ3n) is 1.91. The molecule has 0 aromatic carbocycles. The van der Waals surface area contributed by atoms with Gasteiger partial charge in [0.05, 0.1) is 5.02 Å². The Hall–Kier alpha value is 0.130. The molecule has 0 radical (unpaired) electrons. The summed E-state index contributed by atoms with van der Waals surface area (Å²) in [5, 5.41) is 4.11. The van der Waals surface area contributed by atoms with Gasteiger partial charge >= 0.3 is 0 Å². The van der Waals surface area contributed by atoms with Crippen molar-refractivity contribution in [3.8, 4) is 0 Å². The van der Waals surface area contributed by atoms with Crippen LogP contribution in [-0.4, -0.2) is 16.0 Å². The van der Waals surface area contributed by atoms with Crippen LogP contribution < -0.4 is 5.32 Å². The molecule has 0 atom stereocenters. The molecule has 0 aliphatic rings.